The number of nitrogens with zero attached hydrogens (tertiary/aromatic N) is 1. The van der Waals surface area contributed by atoms with E-state index in [1.165, 1.54) is 14.2 Å². The van der Waals surface area contributed by atoms with Crippen LogP contribution in [-0.2, 0) is 48.2 Å². The van der Waals surface area contributed by atoms with Gasteiger partial charge in [0, 0.05) is 12.8 Å². The molecule has 158 valence electrons. The van der Waals surface area contributed by atoms with Crippen molar-refractivity contribution in [3.63, 3.8) is 0 Å². The molecule has 0 spiro atoms. The predicted octanol–water partition coefficient (Wildman–Crippen LogP) is 0.440. The first-order chi connectivity index (χ1) is 13.4. The van der Waals surface area contributed by atoms with Gasteiger partial charge >= 0.3 is 12.1 Å². The first-order valence-corrected chi connectivity index (χ1v) is 8.70. The normalized spacial score (nSPS) is 23.1. The molecule has 0 N–H and O–H groups in total. The highest BCUT2D eigenvalue weighted by Crippen LogP contribution is 2.29. The summed E-state index contributed by atoms with van der Waals surface area (Å²) in [6.45, 7) is 0.229. The maximum Gasteiger partial charge on any atom is 0.541 e. The standard InChI is InChI=1S/C16H23NO11/c1-22-25-9-12(28-23-2)8-24-11-4-3-10(7-11)15(20)26-16(21)27-17-13(18)5-6-14(17)19/h10-12H,3-9H2,1-2H3. The quantitative estimate of drug-likeness (QED) is 0.165. The molecule has 0 aromatic heterocycles. The summed E-state index contributed by atoms with van der Waals surface area (Å²) >= 11 is 0. The Morgan fingerprint density at radius 3 is 2.43 bits per heavy atom. The molecule has 1 saturated heterocycles. The van der Waals surface area contributed by atoms with Crippen LogP contribution in [-0.4, -0.2) is 68.6 Å². The lowest BCUT2D eigenvalue weighted by Crippen LogP contribution is -2.33. The SMILES string of the molecule is COOCC(COC1CCC(C(=O)OC(=O)ON2C(=O)CCC2=O)C1)OOC. The molecule has 3 atom stereocenters. The molecule has 12 nitrogen and oxygen atoms in total. The fourth-order valence-corrected chi connectivity index (χ4v) is 2.85. The van der Waals surface area contributed by atoms with Crippen molar-refractivity contribution in [2.24, 2.45) is 5.92 Å². The van der Waals surface area contributed by atoms with Gasteiger partial charge < -0.3 is 9.47 Å². The number of ether oxygens (including phenoxy) is 2. The molecule has 3 unspecified atom stereocenters. The van der Waals surface area contributed by atoms with Crippen molar-refractivity contribution in [3.8, 4) is 0 Å². The van der Waals surface area contributed by atoms with Crippen LogP contribution in [0.25, 0.3) is 0 Å². The molecule has 1 aliphatic heterocycles. The van der Waals surface area contributed by atoms with Crippen LogP contribution >= 0.6 is 0 Å². The summed E-state index contributed by atoms with van der Waals surface area (Å²) in [5.41, 5.74) is 0. The van der Waals surface area contributed by atoms with Gasteiger partial charge in [-0.1, -0.05) is 5.06 Å². The summed E-state index contributed by atoms with van der Waals surface area (Å²) < 4.78 is 10.2. The van der Waals surface area contributed by atoms with Crippen molar-refractivity contribution in [2.75, 3.05) is 27.4 Å². The van der Waals surface area contributed by atoms with Crippen molar-refractivity contribution < 1.29 is 53.0 Å². The minimum absolute atomic E-state index is 0.0507. The zero-order chi connectivity index (χ0) is 20.5. The Morgan fingerprint density at radius 1 is 1.07 bits per heavy atom. The molecule has 12 heteroatoms. The van der Waals surface area contributed by atoms with Gasteiger partial charge in [0.15, 0.2) is 0 Å². The van der Waals surface area contributed by atoms with Gasteiger partial charge in [0.25, 0.3) is 11.8 Å². The van der Waals surface area contributed by atoms with E-state index in [9.17, 15) is 19.2 Å². The highest BCUT2D eigenvalue weighted by atomic mass is 17.2. The lowest BCUT2D eigenvalue weighted by molar-refractivity contribution is -0.354. The van der Waals surface area contributed by atoms with Gasteiger partial charge in [-0.05, 0) is 19.3 Å². The van der Waals surface area contributed by atoms with E-state index in [4.69, 9.17) is 14.5 Å². The van der Waals surface area contributed by atoms with E-state index in [1.807, 2.05) is 0 Å². The highest BCUT2D eigenvalue weighted by Gasteiger charge is 2.37. The largest absolute Gasteiger partial charge is 0.541 e. The fraction of sp³-hybridized carbons (Fsp3) is 0.750. The van der Waals surface area contributed by atoms with Crippen molar-refractivity contribution >= 4 is 23.9 Å². The Kier molecular flexibility index (Phi) is 8.73. The molecular weight excluding hydrogens is 382 g/mol. The van der Waals surface area contributed by atoms with Crippen LogP contribution in [0.15, 0.2) is 0 Å². The molecule has 2 rings (SSSR count). The molecular formula is C16H23NO11. The van der Waals surface area contributed by atoms with Gasteiger partial charge in [-0.3, -0.25) is 19.2 Å². The molecule has 1 aliphatic carbocycles. The molecule has 0 radical (unpaired) electrons. The van der Waals surface area contributed by atoms with Crippen LogP contribution < -0.4 is 0 Å². The van der Waals surface area contributed by atoms with Gasteiger partial charge in [-0.15, -0.1) is 0 Å². The predicted molar refractivity (Wildman–Crippen MR) is 85.6 cm³/mol. The zero-order valence-electron chi connectivity index (χ0n) is 15.6. The summed E-state index contributed by atoms with van der Waals surface area (Å²) in [6, 6.07) is 0. The molecule has 0 aromatic rings. The third-order valence-corrected chi connectivity index (χ3v) is 4.20. The van der Waals surface area contributed by atoms with E-state index in [2.05, 4.69) is 19.3 Å². The van der Waals surface area contributed by atoms with E-state index >= 15 is 0 Å². The smallest absolute Gasteiger partial charge is 0.375 e. The summed E-state index contributed by atoms with van der Waals surface area (Å²) in [5, 5.41) is 0.314. The second-order valence-electron chi connectivity index (χ2n) is 6.15. The molecule has 0 bridgehead atoms. The maximum absolute atomic E-state index is 12.1. The number of carbonyl (C=O) groups is 4. The summed E-state index contributed by atoms with van der Waals surface area (Å²) in [5.74, 6) is -2.69. The number of hydroxylamine groups is 2. The number of hydrogen-bond donors (Lipinski definition) is 0. The van der Waals surface area contributed by atoms with Gasteiger partial charge in [-0.2, -0.15) is 0 Å². The van der Waals surface area contributed by atoms with Crippen LogP contribution in [0.2, 0.25) is 0 Å². The minimum Gasteiger partial charge on any atom is -0.375 e. The second-order valence-corrected chi connectivity index (χ2v) is 6.15. The Balaban J connectivity index is 1.71. The van der Waals surface area contributed by atoms with Crippen molar-refractivity contribution in [3.05, 3.63) is 0 Å². The number of carbonyl (C=O) groups excluding carboxylic acids is 4. The Morgan fingerprint density at radius 2 is 1.79 bits per heavy atom. The van der Waals surface area contributed by atoms with E-state index in [0.717, 1.165) is 0 Å². The summed E-state index contributed by atoms with van der Waals surface area (Å²) in [6.07, 6.45) is -0.940. The van der Waals surface area contributed by atoms with Gasteiger partial charge in [0.2, 0.25) is 0 Å². The van der Waals surface area contributed by atoms with Gasteiger partial charge in [0.05, 0.1) is 32.8 Å². The molecule has 2 aliphatic rings. The van der Waals surface area contributed by atoms with Gasteiger partial charge in [-0.25, -0.2) is 24.3 Å². The highest BCUT2D eigenvalue weighted by molar-refractivity contribution is 6.01. The minimum atomic E-state index is -1.41. The van der Waals surface area contributed by atoms with Crippen molar-refractivity contribution in [1.29, 1.82) is 0 Å². The number of esters is 1. The third-order valence-electron chi connectivity index (χ3n) is 4.20. The summed E-state index contributed by atoms with van der Waals surface area (Å²) in [4.78, 5) is 69.8. The van der Waals surface area contributed by atoms with Crippen LogP contribution in [0.4, 0.5) is 4.79 Å². The molecule has 1 heterocycles. The van der Waals surface area contributed by atoms with Crippen LogP contribution in [0, 0.1) is 5.92 Å². The van der Waals surface area contributed by atoms with Gasteiger partial charge in [0.1, 0.15) is 12.7 Å². The molecule has 0 aromatic carbocycles. The number of hydrogen-bond acceptors (Lipinski definition) is 11. The Labute approximate surface area is 160 Å². The van der Waals surface area contributed by atoms with Crippen molar-refractivity contribution in [2.45, 2.75) is 44.3 Å². The van der Waals surface area contributed by atoms with Crippen LogP contribution in [0.5, 0.6) is 0 Å². The lowest BCUT2D eigenvalue weighted by Gasteiger charge is -2.18. The number of rotatable bonds is 10. The second kappa shape index (κ2) is 11.0. The number of amides is 2. The van der Waals surface area contributed by atoms with E-state index in [-0.39, 0.29) is 32.2 Å². The van der Waals surface area contributed by atoms with Crippen LogP contribution in [0.3, 0.4) is 0 Å². The Hall–Kier alpha value is -2.12. The Bertz CT molecular complexity index is 565. The zero-order valence-corrected chi connectivity index (χ0v) is 15.6. The maximum atomic E-state index is 12.1. The van der Waals surface area contributed by atoms with E-state index < -0.39 is 36.0 Å². The van der Waals surface area contributed by atoms with E-state index in [1.54, 1.807) is 0 Å². The first-order valence-electron chi connectivity index (χ1n) is 8.70. The number of imide groups is 1. The fourth-order valence-electron chi connectivity index (χ4n) is 2.85. The monoisotopic (exact) mass is 405 g/mol. The van der Waals surface area contributed by atoms with Crippen LogP contribution in [0.1, 0.15) is 32.1 Å². The molecule has 2 amide bonds. The summed E-state index contributed by atoms with van der Waals surface area (Å²) in [7, 11) is 2.71. The molecule has 1 saturated carbocycles. The molecule has 2 fully saturated rings. The first kappa shape index (κ1) is 22.2. The third kappa shape index (κ3) is 6.49. The van der Waals surface area contributed by atoms with E-state index in [0.29, 0.717) is 24.3 Å². The average molecular weight is 405 g/mol. The lowest BCUT2D eigenvalue weighted by atomic mass is 10.1. The molecule has 28 heavy (non-hydrogen) atoms. The topological polar surface area (TPSA) is 136 Å². The van der Waals surface area contributed by atoms with Crippen molar-refractivity contribution in [1.82, 2.24) is 5.06 Å². The average Bonchev–Trinajstić information content (AvgIpc) is 3.26.